The number of nitrogens with one attached hydrogen (secondary N) is 1. The molecule has 1 N–H and O–H groups in total. The number of halogens is 3. The number of hydrogen-bond acceptors (Lipinski definition) is 4. The lowest BCUT2D eigenvalue weighted by molar-refractivity contribution is -0.135. The first-order valence-corrected chi connectivity index (χ1v) is 17.0. The molecule has 0 bridgehead atoms. The molecule has 2 aliphatic heterocycles. The van der Waals surface area contributed by atoms with Crippen molar-refractivity contribution in [1.29, 1.82) is 5.26 Å². The first kappa shape index (κ1) is 29.2. The summed E-state index contributed by atoms with van der Waals surface area (Å²) in [5.41, 5.74) is 4.67. The minimum atomic E-state index is -0.456. The molecule has 2 aromatic heterocycles. The number of pyridine rings is 1. The van der Waals surface area contributed by atoms with Crippen LogP contribution in [0.4, 0.5) is 4.39 Å². The molecule has 4 fully saturated rings. The fourth-order valence-corrected chi connectivity index (χ4v) is 8.85. The third-order valence-electron chi connectivity index (χ3n) is 11.0. The fraction of sp³-hybridized carbons (Fsp3) is 0.472. The van der Waals surface area contributed by atoms with Gasteiger partial charge in [0.25, 0.3) is 0 Å². The van der Waals surface area contributed by atoms with E-state index in [2.05, 4.69) is 40.8 Å². The first-order valence-electron chi connectivity index (χ1n) is 16.2. The lowest BCUT2D eigenvalue weighted by atomic mass is 9.93. The number of likely N-dealkylation sites (tertiary alicyclic amines) is 1. The number of aryl methyl sites for hydroxylation is 2. The minimum Gasteiger partial charge on any atom is -0.337 e. The van der Waals surface area contributed by atoms with Gasteiger partial charge in [0.15, 0.2) is 5.82 Å². The zero-order chi connectivity index (χ0) is 31.3. The number of piperidine rings is 1. The third kappa shape index (κ3) is 4.43. The highest BCUT2D eigenvalue weighted by atomic mass is 35.5. The lowest BCUT2D eigenvalue weighted by Crippen LogP contribution is -2.37. The molecule has 2 unspecified atom stereocenters. The maximum Gasteiger partial charge on any atom is 0.226 e. The Hall–Kier alpha value is -3.18. The van der Waals surface area contributed by atoms with E-state index in [0.29, 0.717) is 57.8 Å². The number of benzene rings is 2. The second-order valence-electron chi connectivity index (χ2n) is 13.8. The van der Waals surface area contributed by atoms with Crippen molar-refractivity contribution in [2.75, 3.05) is 13.1 Å². The van der Waals surface area contributed by atoms with Crippen molar-refractivity contribution >= 4 is 50.9 Å². The van der Waals surface area contributed by atoms with Crippen LogP contribution < -0.4 is 5.32 Å². The van der Waals surface area contributed by atoms with E-state index in [1.165, 1.54) is 0 Å². The Morgan fingerprint density at radius 2 is 1.98 bits per heavy atom. The van der Waals surface area contributed by atoms with Crippen LogP contribution in [0.1, 0.15) is 68.6 Å². The van der Waals surface area contributed by atoms with Crippen molar-refractivity contribution in [3.63, 3.8) is 0 Å². The van der Waals surface area contributed by atoms with Crippen LogP contribution in [0.3, 0.4) is 0 Å². The number of nitrogens with zero attached hydrogens (tertiary/aromatic N) is 4. The topological polar surface area (TPSA) is 74.0 Å². The van der Waals surface area contributed by atoms with Crippen LogP contribution in [0.2, 0.25) is 10.0 Å². The summed E-state index contributed by atoms with van der Waals surface area (Å²) < 4.78 is 19.4. The summed E-state index contributed by atoms with van der Waals surface area (Å²) in [6.45, 7) is 8.17. The number of hydrogen-bond donors (Lipinski definition) is 1. The van der Waals surface area contributed by atoms with Gasteiger partial charge in [-0.3, -0.25) is 4.79 Å². The first-order chi connectivity index (χ1) is 21.7. The van der Waals surface area contributed by atoms with E-state index < -0.39 is 5.82 Å². The quantitative estimate of drug-likeness (QED) is 0.230. The van der Waals surface area contributed by atoms with Crippen LogP contribution in [0.25, 0.3) is 32.9 Å². The van der Waals surface area contributed by atoms with E-state index in [1.54, 1.807) is 18.2 Å². The minimum absolute atomic E-state index is 0.00797. The molecule has 0 spiro atoms. The Labute approximate surface area is 272 Å². The average molecular weight is 645 g/mol. The Kier molecular flexibility index (Phi) is 6.94. The van der Waals surface area contributed by atoms with E-state index >= 15 is 4.39 Å². The van der Waals surface area contributed by atoms with Gasteiger partial charge in [-0.2, -0.15) is 5.26 Å². The summed E-state index contributed by atoms with van der Waals surface area (Å²) in [5.74, 6) is 1.41. The molecule has 4 heterocycles. The number of aromatic nitrogens is 2. The summed E-state index contributed by atoms with van der Waals surface area (Å²) in [4.78, 5) is 20.9. The van der Waals surface area contributed by atoms with Gasteiger partial charge in [-0.1, -0.05) is 49.2 Å². The van der Waals surface area contributed by atoms with Crippen LogP contribution in [-0.4, -0.2) is 39.5 Å². The SMILES string of the molecule is Cc1nc2c(F)c(-c3cccc(Cl)c3Cl)c(CCC#N)cc2c2c1cc([C@H]1CC3C([C@@H]3C)N1C(=O)C1CC1)n2[C@@H]1CNC[C@H]1C. The zero-order valence-corrected chi connectivity index (χ0v) is 27.2. The fourth-order valence-electron chi connectivity index (χ4n) is 8.46. The molecule has 4 aliphatic rings. The summed E-state index contributed by atoms with van der Waals surface area (Å²) >= 11 is 13.0. The van der Waals surface area contributed by atoms with Gasteiger partial charge in [0.1, 0.15) is 5.52 Å². The molecule has 45 heavy (non-hydrogen) atoms. The maximum atomic E-state index is 17.0. The molecule has 4 aromatic rings. The van der Waals surface area contributed by atoms with Crippen molar-refractivity contribution in [2.24, 2.45) is 23.7 Å². The molecule has 6 nitrogen and oxygen atoms in total. The molecule has 1 amide bonds. The van der Waals surface area contributed by atoms with Gasteiger partial charge in [0.2, 0.25) is 5.91 Å². The standard InChI is InChI=1S/C36H36Cl2FN5O/c1-17-15-41-16-29(17)43-27(28-13-23-18(2)34(23)44(28)36(45)20-9-10-20)14-24-19(3)42-33-25(35(24)43)12-21(6-5-11-40)30(32(33)39)22-7-4-8-26(37)31(22)38/h4,7-8,12,14,17-18,20,23,28-29,34,41H,5-6,9-10,13,15-16H2,1-3H3/t17-,18-,23?,28-,29-,34?/m1/s1. The largest absolute Gasteiger partial charge is 0.337 e. The monoisotopic (exact) mass is 643 g/mol. The summed E-state index contributed by atoms with van der Waals surface area (Å²) in [7, 11) is 0. The van der Waals surface area contributed by atoms with Gasteiger partial charge in [-0.15, -0.1) is 0 Å². The molecule has 2 aliphatic carbocycles. The van der Waals surface area contributed by atoms with Gasteiger partial charge >= 0.3 is 0 Å². The molecule has 2 saturated carbocycles. The number of carbonyl (C=O) groups is 1. The van der Waals surface area contributed by atoms with Crippen molar-refractivity contribution in [2.45, 2.75) is 71.0 Å². The molecular weight excluding hydrogens is 608 g/mol. The Morgan fingerprint density at radius 1 is 1.18 bits per heavy atom. The van der Waals surface area contributed by atoms with Gasteiger partial charge < -0.3 is 14.8 Å². The molecule has 6 atom stereocenters. The number of rotatable bonds is 6. The lowest BCUT2D eigenvalue weighted by Gasteiger charge is -2.32. The highest BCUT2D eigenvalue weighted by Crippen LogP contribution is 2.60. The van der Waals surface area contributed by atoms with E-state index in [4.69, 9.17) is 28.2 Å². The molecule has 9 heteroatoms. The van der Waals surface area contributed by atoms with E-state index in [1.807, 2.05) is 13.0 Å². The zero-order valence-electron chi connectivity index (χ0n) is 25.7. The summed E-state index contributed by atoms with van der Waals surface area (Å²) in [5, 5.41) is 15.4. The molecule has 2 saturated heterocycles. The second kappa shape index (κ2) is 10.7. The summed E-state index contributed by atoms with van der Waals surface area (Å²) in [6.07, 6.45) is 3.52. The second-order valence-corrected chi connectivity index (χ2v) is 14.6. The third-order valence-corrected chi connectivity index (χ3v) is 11.9. The van der Waals surface area contributed by atoms with Crippen LogP contribution >= 0.6 is 23.2 Å². The number of fused-ring (bicyclic) bond motifs is 4. The van der Waals surface area contributed by atoms with Crippen molar-refractivity contribution in [3.05, 3.63) is 63.1 Å². The van der Waals surface area contributed by atoms with E-state index in [-0.39, 0.29) is 35.0 Å². The van der Waals surface area contributed by atoms with Crippen LogP contribution in [0.5, 0.6) is 0 Å². The highest BCUT2D eigenvalue weighted by molar-refractivity contribution is 6.43. The van der Waals surface area contributed by atoms with Crippen LogP contribution in [-0.2, 0) is 11.2 Å². The Balaban J connectivity index is 1.41. The van der Waals surface area contributed by atoms with Crippen LogP contribution in [0.15, 0.2) is 30.3 Å². The molecule has 8 rings (SSSR count). The predicted octanol–water partition coefficient (Wildman–Crippen LogP) is 8.17. The Morgan fingerprint density at radius 3 is 2.69 bits per heavy atom. The van der Waals surface area contributed by atoms with E-state index in [0.717, 1.165) is 60.0 Å². The molecule has 0 radical (unpaired) electrons. The smallest absolute Gasteiger partial charge is 0.226 e. The van der Waals surface area contributed by atoms with Crippen molar-refractivity contribution < 1.29 is 9.18 Å². The summed E-state index contributed by atoms with van der Waals surface area (Å²) in [6, 6.07) is 12.1. The van der Waals surface area contributed by atoms with Crippen molar-refractivity contribution in [1.82, 2.24) is 19.8 Å². The Bertz CT molecular complexity index is 1940. The molecular formula is C36H36Cl2FN5O. The maximum absolute atomic E-state index is 17.0. The van der Waals surface area contributed by atoms with Gasteiger partial charge in [0.05, 0.1) is 33.7 Å². The normalized spacial score (nSPS) is 27.4. The van der Waals surface area contributed by atoms with E-state index in [9.17, 15) is 10.1 Å². The average Bonchev–Trinajstić information content (AvgIpc) is 3.79. The number of nitriles is 1. The van der Waals surface area contributed by atoms with Gasteiger partial charge in [-0.25, -0.2) is 9.37 Å². The number of carbonyl (C=O) groups excluding carboxylic acids is 1. The predicted molar refractivity (Wildman–Crippen MR) is 176 cm³/mol. The molecule has 2 aromatic carbocycles. The van der Waals surface area contributed by atoms with Gasteiger partial charge in [-0.05, 0) is 80.7 Å². The number of amides is 1. The molecule has 232 valence electrons. The van der Waals surface area contributed by atoms with Gasteiger partial charge in [0, 0.05) is 58.2 Å². The van der Waals surface area contributed by atoms with Crippen molar-refractivity contribution in [3.8, 4) is 17.2 Å². The highest BCUT2D eigenvalue weighted by Gasteiger charge is 2.62. The van der Waals surface area contributed by atoms with Crippen LogP contribution in [0, 0.1) is 47.7 Å².